The maximum absolute atomic E-state index is 2.42. The van der Waals surface area contributed by atoms with E-state index in [4.69, 9.17) is 0 Å². The summed E-state index contributed by atoms with van der Waals surface area (Å²) in [7, 11) is 0. The number of benzene rings is 11. The summed E-state index contributed by atoms with van der Waals surface area (Å²) >= 11 is 11.2. The van der Waals surface area contributed by atoms with E-state index in [1.54, 1.807) is 0 Å². The van der Waals surface area contributed by atoms with Crippen LogP contribution in [0.3, 0.4) is 0 Å². The Morgan fingerprint density at radius 1 is 0.149 bits per heavy atom. The van der Waals surface area contributed by atoms with Crippen LogP contribution in [0, 0.1) is 6.92 Å². The fourth-order valence-electron chi connectivity index (χ4n) is 13.1. The third-order valence-electron chi connectivity index (χ3n) is 17.8. The van der Waals surface area contributed by atoms with Crippen LogP contribution in [0.5, 0.6) is 0 Å². The lowest BCUT2D eigenvalue weighted by Crippen LogP contribution is -2.13. The maximum Gasteiger partial charge on any atom is 0.0488 e. The Hall–Kier alpha value is -11.2. The molecule has 484 valence electrons. The van der Waals surface area contributed by atoms with Gasteiger partial charge in [-0.25, -0.2) is 0 Å². The molecule has 0 saturated heterocycles. The van der Waals surface area contributed by atoms with Crippen LogP contribution in [0.4, 0.5) is 68.2 Å². The largest absolute Gasteiger partial charge is 0.310 e. The van der Waals surface area contributed by atoms with Gasteiger partial charge in [-0.05, 0) is 259 Å². The molecule has 101 heavy (non-hydrogen) atoms. The number of hydrogen-bond donors (Lipinski definition) is 0. The molecule has 6 heterocycles. The Morgan fingerprint density at radius 3 is 0.505 bits per heavy atom. The summed E-state index contributed by atoms with van der Waals surface area (Å²) in [5, 5.41) is 0. The molecule has 0 saturated carbocycles. The van der Waals surface area contributed by atoms with Gasteiger partial charge in [-0.1, -0.05) is 146 Å². The summed E-state index contributed by atoms with van der Waals surface area (Å²) in [5.74, 6) is 0. The minimum absolute atomic E-state index is 1.07. The van der Waals surface area contributed by atoms with E-state index in [0.29, 0.717) is 0 Å². The fraction of sp³-hybridized carbons (Fsp3) is 0.0110. The van der Waals surface area contributed by atoms with Crippen molar-refractivity contribution in [3.63, 3.8) is 0 Å². The van der Waals surface area contributed by atoms with Crippen molar-refractivity contribution in [1.29, 1.82) is 0 Å². The van der Waals surface area contributed by atoms with Crippen molar-refractivity contribution in [2.45, 2.75) is 6.92 Å². The first-order chi connectivity index (χ1) is 49.9. The molecule has 4 nitrogen and oxygen atoms in total. The van der Waals surface area contributed by atoms with E-state index in [9.17, 15) is 0 Å². The van der Waals surface area contributed by atoms with Gasteiger partial charge in [0.2, 0.25) is 0 Å². The van der Waals surface area contributed by atoms with Crippen molar-refractivity contribution in [3.05, 3.63) is 375 Å². The maximum atomic E-state index is 2.42. The molecule has 0 radical (unpaired) electrons. The van der Waals surface area contributed by atoms with Gasteiger partial charge in [0.15, 0.2) is 0 Å². The van der Waals surface area contributed by atoms with Gasteiger partial charge < -0.3 is 19.6 Å². The van der Waals surface area contributed by atoms with Crippen LogP contribution in [-0.4, -0.2) is 0 Å². The van der Waals surface area contributed by atoms with E-state index in [1.165, 1.54) is 75.2 Å². The van der Waals surface area contributed by atoms with Crippen LogP contribution in [0.15, 0.2) is 370 Å². The molecule has 0 fully saturated rings. The number of para-hydroxylation sites is 8. The quantitative estimate of drug-likeness (QED) is 0.0754. The Morgan fingerprint density at radius 2 is 0.317 bits per heavy atom. The third kappa shape index (κ3) is 13.5. The van der Waals surface area contributed by atoms with Gasteiger partial charge in [0, 0.05) is 127 Å². The summed E-state index contributed by atoms with van der Waals surface area (Å²) in [6.07, 6.45) is 0. The third-order valence-corrected chi connectivity index (χ3v) is 25.1. The average Bonchev–Trinajstić information content (AvgIpc) is 1.72. The Labute approximate surface area is 614 Å². The SMILES string of the molecule is Cc1ccc(-c2ccc(-c3cc(-c4ccc(-c5ccc(-c6cc(N(c7ccccc7)c7ccccc7)cc(N(c7ccccc7)c7ccccc7)c6)s5)s4)cc(-c4ccc(-c5ccc(-c6cc(N(c7ccccc7)c7ccccc7)cc(N(c7ccccc7)c7ccccc7)c6)s5)s4)c3)s2)s1. The second-order valence-corrected chi connectivity index (χ2v) is 31.2. The fourth-order valence-corrected chi connectivity index (χ4v) is 19.3. The molecule has 6 aromatic heterocycles. The summed E-state index contributed by atoms with van der Waals surface area (Å²) in [4.78, 5) is 24.4. The lowest BCUT2D eigenvalue weighted by molar-refractivity contribution is 1.25. The van der Waals surface area contributed by atoms with Crippen LogP contribution in [-0.2, 0) is 0 Å². The molecule has 10 heteroatoms. The number of rotatable bonds is 20. The van der Waals surface area contributed by atoms with E-state index < -0.39 is 0 Å². The smallest absolute Gasteiger partial charge is 0.0488 e. The number of nitrogens with zero attached hydrogens (tertiary/aromatic N) is 4. The van der Waals surface area contributed by atoms with E-state index in [-0.39, 0.29) is 0 Å². The van der Waals surface area contributed by atoms with Crippen molar-refractivity contribution < 1.29 is 0 Å². The number of anilines is 12. The Kier molecular flexibility index (Phi) is 17.9. The summed E-state index contributed by atoms with van der Waals surface area (Å²) in [6.45, 7) is 2.19. The zero-order chi connectivity index (χ0) is 67.4. The standard InChI is InChI=1S/C91H64N4S6/c1-63-42-43-86(96-63)87-49-44-81(97-87)64-54-65(82-45-50-88(98-82)90-52-47-84(100-90)67-57-77(92(69-26-10-2-11-27-69)70-28-12-3-13-29-70)61-78(58-67)93(71-30-14-4-15-31-71)72-32-16-5-17-33-72)56-66(55-64)83-46-51-89(99-83)91-53-48-85(101-91)68-59-79(94(73-34-18-6-19-35-73)74-36-20-7-21-37-74)62-80(60-68)95(75-38-22-8-23-39-75)76-40-24-9-25-41-76/h2-62H,1H3. The summed E-state index contributed by atoms with van der Waals surface area (Å²) < 4.78 is 0. The van der Waals surface area contributed by atoms with Gasteiger partial charge in [-0.15, -0.1) is 68.0 Å². The molecule has 0 unspecified atom stereocenters. The molecular weight excluding hydrogens is 1340 g/mol. The average molecular weight is 1410 g/mol. The molecule has 0 aliphatic carbocycles. The second-order valence-electron chi connectivity index (χ2n) is 24.5. The first-order valence-electron chi connectivity index (χ1n) is 33.6. The zero-order valence-electron chi connectivity index (χ0n) is 55.0. The molecule has 0 amide bonds. The van der Waals surface area contributed by atoms with Crippen LogP contribution in [0.2, 0.25) is 0 Å². The molecule has 11 aromatic carbocycles. The van der Waals surface area contributed by atoms with E-state index >= 15 is 0 Å². The van der Waals surface area contributed by atoms with Crippen molar-refractivity contribution in [2.75, 3.05) is 19.6 Å². The first-order valence-corrected chi connectivity index (χ1v) is 38.5. The number of aryl methyl sites for hydroxylation is 1. The monoisotopic (exact) mass is 1400 g/mol. The normalized spacial score (nSPS) is 11.2. The second kappa shape index (κ2) is 28.6. The molecule has 0 N–H and O–H groups in total. The summed E-state index contributed by atoms with van der Waals surface area (Å²) in [6, 6.07) is 135. The molecule has 17 rings (SSSR count). The Bertz CT molecular complexity index is 4960. The highest BCUT2D eigenvalue weighted by molar-refractivity contribution is 7.26. The molecule has 17 aromatic rings. The highest BCUT2D eigenvalue weighted by atomic mass is 32.1. The summed E-state index contributed by atoms with van der Waals surface area (Å²) in [5.41, 5.74) is 18.9. The highest BCUT2D eigenvalue weighted by Crippen LogP contribution is 2.51. The molecular formula is C91H64N4S6. The van der Waals surface area contributed by atoms with Crippen molar-refractivity contribution in [1.82, 2.24) is 0 Å². The highest BCUT2D eigenvalue weighted by Gasteiger charge is 2.24. The van der Waals surface area contributed by atoms with Crippen molar-refractivity contribution >= 4 is 136 Å². The van der Waals surface area contributed by atoms with Crippen LogP contribution >= 0.6 is 68.0 Å². The van der Waals surface area contributed by atoms with Gasteiger partial charge in [-0.3, -0.25) is 0 Å². The molecule has 0 spiro atoms. The number of thiophene rings is 6. The minimum atomic E-state index is 1.07. The van der Waals surface area contributed by atoms with E-state index in [2.05, 4.69) is 397 Å². The number of hydrogen-bond acceptors (Lipinski definition) is 10. The van der Waals surface area contributed by atoms with Gasteiger partial charge in [-0.2, -0.15) is 0 Å². The predicted molar refractivity (Wildman–Crippen MR) is 441 cm³/mol. The molecule has 0 aliphatic rings. The van der Waals surface area contributed by atoms with Gasteiger partial charge >= 0.3 is 0 Å². The van der Waals surface area contributed by atoms with Crippen LogP contribution in [0.1, 0.15) is 4.88 Å². The Balaban J connectivity index is 0.735. The lowest BCUT2D eigenvalue weighted by atomic mass is 10.0. The minimum Gasteiger partial charge on any atom is -0.310 e. The van der Waals surface area contributed by atoms with Crippen LogP contribution < -0.4 is 19.6 Å². The van der Waals surface area contributed by atoms with Gasteiger partial charge in [0.1, 0.15) is 0 Å². The van der Waals surface area contributed by atoms with E-state index in [1.807, 2.05) is 68.0 Å². The predicted octanol–water partition coefficient (Wildman–Crippen LogP) is 29.6. The molecule has 0 atom stereocenters. The first kappa shape index (κ1) is 63.3. The molecule has 0 bridgehead atoms. The zero-order valence-corrected chi connectivity index (χ0v) is 59.9. The van der Waals surface area contributed by atoms with Crippen molar-refractivity contribution in [3.8, 4) is 81.5 Å². The van der Waals surface area contributed by atoms with E-state index in [0.717, 1.165) is 79.4 Å². The van der Waals surface area contributed by atoms with Crippen LogP contribution in [0.25, 0.3) is 81.5 Å². The van der Waals surface area contributed by atoms with Crippen molar-refractivity contribution in [2.24, 2.45) is 0 Å². The topological polar surface area (TPSA) is 13.0 Å². The molecule has 0 aliphatic heterocycles. The lowest BCUT2D eigenvalue weighted by Gasteiger charge is -2.30. The van der Waals surface area contributed by atoms with Gasteiger partial charge in [0.25, 0.3) is 0 Å². The van der Waals surface area contributed by atoms with Gasteiger partial charge in [0.05, 0.1) is 0 Å².